The van der Waals surface area contributed by atoms with Gasteiger partial charge >= 0.3 is 5.97 Å². The predicted molar refractivity (Wildman–Crippen MR) is 158 cm³/mol. The minimum Gasteiger partial charge on any atom is -0.508 e. The molecule has 1 heterocycles. The van der Waals surface area contributed by atoms with Crippen LogP contribution in [0.15, 0.2) is 42.5 Å². The molecule has 2 aromatic rings. The monoisotopic (exact) mass is 538 g/mol. The highest BCUT2D eigenvalue weighted by Crippen LogP contribution is 2.49. The van der Waals surface area contributed by atoms with Gasteiger partial charge in [0.05, 0.1) is 12.0 Å². The van der Waals surface area contributed by atoms with Gasteiger partial charge in [-0.1, -0.05) is 103 Å². The van der Waals surface area contributed by atoms with E-state index in [9.17, 15) is 20.1 Å². The summed E-state index contributed by atoms with van der Waals surface area (Å²) < 4.78 is 6.13. The van der Waals surface area contributed by atoms with Crippen molar-refractivity contribution in [3.05, 3.63) is 53.6 Å². The van der Waals surface area contributed by atoms with Gasteiger partial charge in [0.2, 0.25) is 0 Å². The van der Waals surface area contributed by atoms with Crippen LogP contribution >= 0.6 is 0 Å². The molecule has 3 unspecified atom stereocenters. The molecule has 0 saturated carbocycles. The van der Waals surface area contributed by atoms with Crippen LogP contribution in [0.4, 0.5) is 0 Å². The molecule has 3 atom stereocenters. The Hall–Kier alpha value is -2.69. The molecule has 5 nitrogen and oxygen atoms in total. The van der Waals surface area contributed by atoms with Crippen molar-refractivity contribution in [2.75, 3.05) is 6.61 Å². The molecule has 39 heavy (non-hydrogen) atoms. The Balaban J connectivity index is 1.45. The van der Waals surface area contributed by atoms with Gasteiger partial charge in [0.25, 0.3) is 0 Å². The van der Waals surface area contributed by atoms with Crippen LogP contribution < -0.4 is 4.74 Å². The summed E-state index contributed by atoms with van der Waals surface area (Å²) in [4.78, 5) is 11.9. The summed E-state index contributed by atoms with van der Waals surface area (Å²) in [6.45, 7) is 6.89. The van der Waals surface area contributed by atoms with Gasteiger partial charge in [0, 0.05) is 17.4 Å². The number of hydrogen-bond donors (Lipinski definition) is 3. The molecule has 3 N–H and O–H groups in total. The van der Waals surface area contributed by atoms with E-state index < -0.39 is 11.4 Å². The normalized spacial score (nSPS) is 20.1. The third-order valence-electron chi connectivity index (χ3n) is 9.02. The second kappa shape index (κ2) is 14.6. The Labute approximate surface area is 235 Å². The fourth-order valence-corrected chi connectivity index (χ4v) is 6.24. The molecule has 0 amide bonds. The molecule has 216 valence electrons. The van der Waals surface area contributed by atoms with Crippen molar-refractivity contribution in [2.24, 2.45) is 5.41 Å². The largest absolute Gasteiger partial charge is 0.508 e. The van der Waals surface area contributed by atoms with Gasteiger partial charge in [-0.3, -0.25) is 4.79 Å². The second-order valence-corrected chi connectivity index (χ2v) is 12.2. The number of aliphatic carboxylic acids is 1. The van der Waals surface area contributed by atoms with Crippen LogP contribution in [0.2, 0.25) is 0 Å². The third kappa shape index (κ3) is 8.40. The zero-order valence-electron chi connectivity index (χ0n) is 24.4. The van der Waals surface area contributed by atoms with E-state index in [1.807, 2.05) is 25.1 Å². The molecule has 0 bridgehead atoms. The van der Waals surface area contributed by atoms with E-state index in [2.05, 4.69) is 13.8 Å². The first-order chi connectivity index (χ1) is 18.7. The summed E-state index contributed by atoms with van der Waals surface area (Å²) in [5.74, 6) is 0.886. The number of ether oxygens (including phenoxy) is 1. The lowest BCUT2D eigenvalue weighted by molar-refractivity contribution is -0.149. The van der Waals surface area contributed by atoms with Crippen molar-refractivity contribution in [2.45, 2.75) is 122 Å². The molecule has 0 radical (unpaired) electrons. The predicted octanol–water partition coefficient (Wildman–Crippen LogP) is 9.10. The zero-order valence-corrected chi connectivity index (χ0v) is 24.4. The summed E-state index contributed by atoms with van der Waals surface area (Å²) in [5, 5.41) is 29.5. The first-order valence-corrected chi connectivity index (χ1v) is 15.2. The summed E-state index contributed by atoms with van der Waals surface area (Å²) >= 11 is 0. The number of phenolic OH excluding ortho intramolecular Hbond substituents is 2. The number of aromatic hydroxyl groups is 2. The zero-order chi connectivity index (χ0) is 28.3. The van der Waals surface area contributed by atoms with Crippen molar-refractivity contribution in [3.8, 4) is 17.2 Å². The Bertz CT molecular complexity index is 1030. The number of hydrogen-bond acceptors (Lipinski definition) is 4. The average Bonchev–Trinajstić information content (AvgIpc) is 2.91. The molecule has 0 spiro atoms. The Morgan fingerprint density at radius 1 is 0.872 bits per heavy atom. The second-order valence-electron chi connectivity index (χ2n) is 12.2. The van der Waals surface area contributed by atoms with Gasteiger partial charge in [-0.15, -0.1) is 0 Å². The highest BCUT2D eigenvalue weighted by Gasteiger charge is 2.42. The van der Waals surface area contributed by atoms with Crippen LogP contribution in [-0.4, -0.2) is 27.9 Å². The summed E-state index contributed by atoms with van der Waals surface area (Å²) in [5.41, 5.74) is 1.51. The van der Waals surface area contributed by atoms with Crippen LogP contribution in [0.5, 0.6) is 17.2 Å². The molecular formula is C34H50O5. The maximum Gasteiger partial charge on any atom is 0.309 e. The fraction of sp³-hybridized carbons (Fsp3) is 0.618. The Morgan fingerprint density at radius 3 is 2.05 bits per heavy atom. The van der Waals surface area contributed by atoms with Crippen molar-refractivity contribution < 1.29 is 24.9 Å². The van der Waals surface area contributed by atoms with E-state index in [0.717, 1.165) is 74.7 Å². The molecule has 0 saturated heterocycles. The van der Waals surface area contributed by atoms with Gasteiger partial charge in [-0.2, -0.15) is 0 Å². The van der Waals surface area contributed by atoms with E-state index in [1.165, 1.54) is 32.1 Å². The Morgan fingerprint density at radius 2 is 1.44 bits per heavy atom. The molecule has 1 aliphatic rings. The Kier molecular flexibility index (Phi) is 11.6. The van der Waals surface area contributed by atoms with Crippen molar-refractivity contribution in [3.63, 3.8) is 0 Å². The maximum absolute atomic E-state index is 11.9. The topological polar surface area (TPSA) is 87.0 Å². The quantitative estimate of drug-likeness (QED) is 0.175. The standard InChI is InChI=1S/C34H50O5/c1-4-5-6-13-22-33(2,32(37)38)23-14-11-9-7-8-10-12-15-30-29-21-20-28(36)24-31(29)39-25-34(30,3)26-16-18-27(35)19-17-26/h16-21,24,30,35-36H,4-15,22-23,25H2,1-3H3,(H,37,38). The van der Waals surface area contributed by atoms with Crippen LogP contribution in [0.1, 0.15) is 128 Å². The molecule has 0 aromatic heterocycles. The third-order valence-corrected chi connectivity index (χ3v) is 9.02. The van der Waals surface area contributed by atoms with E-state index in [4.69, 9.17) is 4.74 Å². The molecule has 5 heteroatoms. The maximum atomic E-state index is 11.9. The van der Waals surface area contributed by atoms with Gasteiger partial charge in [0.15, 0.2) is 0 Å². The lowest BCUT2D eigenvalue weighted by atomic mass is 9.66. The van der Waals surface area contributed by atoms with Crippen LogP contribution in [0.25, 0.3) is 0 Å². The van der Waals surface area contributed by atoms with Crippen molar-refractivity contribution in [1.29, 1.82) is 0 Å². The number of carboxylic acid groups (broad SMARTS) is 1. The molecule has 0 aliphatic carbocycles. The van der Waals surface area contributed by atoms with Crippen LogP contribution in [-0.2, 0) is 10.2 Å². The first-order valence-electron chi connectivity index (χ1n) is 15.2. The van der Waals surface area contributed by atoms with Crippen molar-refractivity contribution >= 4 is 5.97 Å². The summed E-state index contributed by atoms with van der Waals surface area (Å²) in [7, 11) is 0. The molecule has 0 fully saturated rings. The minimum atomic E-state index is -0.636. The number of fused-ring (bicyclic) bond motifs is 1. The number of phenols is 2. The molecular weight excluding hydrogens is 488 g/mol. The highest BCUT2D eigenvalue weighted by molar-refractivity contribution is 5.74. The van der Waals surface area contributed by atoms with Crippen molar-refractivity contribution in [1.82, 2.24) is 0 Å². The van der Waals surface area contributed by atoms with Gasteiger partial charge < -0.3 is 20.1 Å². The molecule has 1 aliphatic heterocycles. The van der Waals surface area contributed by atoms with Crippen LogP contribution in [0, 0.1) is 5.41 Å². The lowest BCUT2D eigenvalue weighted by Crippen LogP contribution is -2.40. The number of carboxylic acids is 1. The van der Waals surface area contributed by atoms with Gasteiger partial charge in [-0.25, -0.2) is 0 Å². The summed E-state index contributed by atoms with van der Waals surface area (Å²) in [6.07, 6.45) is 15.0. The minimum absolute atomic E-state index is 0.217. The number of unbranched alkanes of at least 4 members (excludes halogenated alkanes) is 9. The smallest absolute Gasteiger partial charge is 0.309 e. The van der Waals surface area contributed by atoms with Crippen LogP contribution in [0.3, 0.4) is 0 Å². The van der Waals surface area contributed by atoms with Gasteiger partial charge in [-0.05, 0) is 55.5 Å². The number of carbonyl (C=O) groups is 1. The van der Waals surface area contributed by atoms with E-state index in [-0.39, 0.29) is 22.8 Å². The van der Waals surface area contributed by atoms with Gasteiger partial charge in [0.1, 0.15) is 17.2 Å². The number of benzene rings is 2. The molecule has 2 aromatic carbocycles. The summed E-state index contributed by atoms with van der Waals surface area (Å²) in [6, 6.07) is 13.0. The average molecular weight is 539 g/mol. The first kappa shape index (κ1) is 30.8. The van der Waals surface area contributed by atoms with E-state index in [0.29, 0.717) is 6.61 Å². The SMILES string of the molecule is CCCCCCC(C)(CCCCCCCCCC1c2ccc(O)cc2OCC1(C)c1ccc(O)cc1)C(=O)O. The number of rotatable bonds is 17. The highest BCUT2D eigenvalue weighted by atomic mass is 16.5. The lowest BCUT2D eigenvalue weighted by Gasteiger charge is -2.43. The van der Waals surface area contributed by atoms with E-state index >= 15 is 0 Å². The molecule has 3 rings (SSSR count). The van der Waals surface area contributed by atoms with E-state index in [1.54, 1.807) is 24.3 Å². The fourth-order valence-electron chi connectivity index (χ4n) is 6.24.